The number of amides is 1. The number of carbonyl (C=O) groups excluding carboxylic acids is 1. The molecule has 1 amide bonds. The summed E-state index contributed by atoms with van der Waals surface area (Å²) in [7, 11) is 1.86. The quantitative estimate of drug-likeness (QED) is 0.811. The van der Waals surface area contributed by atoms with Crippen LogP contribution in [0.2, 0.25) is 0 Å². The Morgan fingerprint density at radius 2 is 2.32 bits per heavy atom. The van der Waals surface area contributed by atoms with Crippen LogP contribution in [0.15, 0.2) is 22.5 Å². The Morgan fingerprint density at radius 1 is 1.55 bits per heavy atom. The number of carbonyl (C=O) groups is 1. The molecule has 118 valence electrons. The topological polar surface area (TPSA) is 60.2 Å². The lowest BCUT2D eigenvalue weighted by Crippen LogP contribution is -2.43. The molecule has 3 heterocycles. The second-order valence-corrected chi connectivity index (χ2v) is 7.02. The maximum Gasteiger partial charge on any atom is 0.274 e. The maximum absolute atomic E-state index is 12.8. The molecule has 0 atom stereocenters. The summed E-state index contributed by atoms with van der Waals surface area (Å²) in [6.07, 6.45) is 5.11. The Kier molecular flexibility index (Phi) is 4.90. The molecule has 1 saturated heterocycles. The van der Waals surface area contributed by atoms with Gasteiger partial charge in [0.05, 0.1) is 12.9 Å². The largest absolute Gasteiger partial charge is 0.381 e. The molecule has 0 N–H and O–H groups in total. The van der Waals surface area contributed by atoms with Gasteiger partial charge in [-0.05, 0) is 28.8 Å². The lowest BCUT2D eigenvalue weighted by Gasteiger charge is -2.33. The molecule has 0 radical (unpaired) electrons. The monoisotopic (exact) mass is 384 g/mol. The van der Waals surface area contributed by atoms with Gasteiger partial charge in [-0.1, -0.05) is 0 Å². The fourth-order valence-electron chi connectivity index (χ4n) is 2.54. The van der Waals surface area contributed by atoms with Gasteiger partial charge in [-0.3, -0.25) is 4.79 Å². The van der Waals surface area contributed by atoms with Crippen molar-refractivity contribution in [2.24, 2.45) is 7.05 Å². The van der Waals surface area contributed by atoms with Crippen LogP contribution >= 0.6 is 27.3 Å². The van der Waals surface area contributed by atoms with Crippen molar-refractivity contribution in [1.29, 1.82) is 0 Å². The SMILES string of the molecule is Cn1cnc(C(=O)N(Cc2nc(Br)cs2)C2CCOCC2)c1. The minimum absolute atomic E-state index is 0.0428. The van der Waals surface area contributed by atoms with Crippen molar-refractivity contribution >= 4 is 33.2 Å². The van der Waals surface area contributed by atoms with Crippen LogP contribution in [0.3, 0.4) is 0 Å². The molecule has 0 aromatic carbocycles. The van der Waals surface area contributed by atoms with Crippen LogP contribution < -0.4 is 0 Å². The predicted octanol–water partition coefficient (Wildman–Crippen LogP) is 2.46. The number of halogens is 1. The molecule has 6 nitrogen and oxygen atoms in total. The highest BCUT2D eigenvalue weighted by Gasteiger charge is 2.28. The summed E-state index contributed by atoms with van der Waals surface area (Å²) < 4.78 is 8.01. The van der Waals surface area contributed by atoms with Crippen LogP contribution in [0, 0.1) is 0 Å². The second kappa shape index (κ2) is 6.89. The number of hydrogen-bond donors (Lipinski definition) is 0. The Balaban J connectivity index is 1.82. The Labute approximate surface area is 141 Å². The molecule has 0 spiro atoms. The fraction of sp³-hybridized carbons (Fsp3) is 0.500. The van der Waals surface area contributed by atoms with Gasteiger partial charge in [0, 0.05) is 37.9 Å². The van der Waals surface area contributed by atoms with E-state index in [1.165, 1.54) is 0 Å². The zero-order chi connectivity index (χ0) is 15.5. The summed E-state index contributed by atoms with van der Waals surface area (Å²) in [5, 5.41) is 2.85. The molecule has 1 aliphatic heterocycles. The smallest absolute Gasteiger partial charge is 0.274 e. The molecular formula is C14H17BrN4O2S. The number of thiazole rings is 1. The maximum atomic E-state index is 12.8. The van der Waals surface area contributed by atoms with Gasteiger partial charge >= 0.3 is 0 Å². The molecule has 0 unspecified atom stereocenters. The lowest BCUT2D eigenvalue weighted by atomic mass is 10.1. The average molecular weight is 385 g/mol. The van der Waals surface area contributed by atoms with Gasteiger partial charge in [-0.25, -0.2) is 9.97 Å². The van der Waals surface area contributed by atoms with E-state index in [2.05, 4.69) is 25.9 Å². The molecule has 1 fully saturated rings. The van der Waals surface area contributed by atoms with Crippen molar-refractivity contribution in [3.05, 3.63) is 33.2 Å². The van der Waals surface area contributed by atoms with Crippen molar-refractivity contribution in [2.75, 3.05) is 13.2 Å². The van der Waals surface area contributed by atoms with Gasteiger partial charge in [-0.15, -0.1) is 11.3 Å². The zero-order valence-electron chi connectivity index (χ0n) is 12.2. The van der Waals surface area contributed by atoms with E-state index in [0.29, 0.717) is 25.5 Å². The van der Waals surface area contributed by atoms with Crippen molar-refractivity contribution < 1.29 is 9.53 Å². The van der Waals surface area contributed by atoms with E-state index in [4.69, 9.17) is 4.74 Å². The number of aryl methyl sites for hydroxylation is 1. The van der Waals surface area contributed by atoms with Gasteiger partial charge < -0.3 is 14.2 Å². The molecule has 2 aromatic rings. The first-order chi connectivity index (χ1) is 10.6. The summed E-state index contributed by atoms with van der Waals surface area (Å²) in [5.41, 5.74) is 0.476. The Bertz CT molecular complexity index is 651. The van der Waals surface area contributed by atoms with Crippen molar-refractivity contribution in [3.63, 3.8) is 0 Å². The van der Waals surface area contributed by atoms with Gasteiger partial charge in [0.25, 0.3) is 5.91 Å². The standard InChI is InChI=1S/C14H17BrN4O2S/c1-18-6-11(16-9-18)14(20)19(10-2-4-21-5-3-10)7-13-17-12(15)8-22-13/h6,8-10H,2-5,7H2,1H3. The Hall–Kier alpha value is -1.25. The minimum atomic E-state index is -0.0428. The van der Waals surface area contributed by atoms with E-state index >= 15 is 0 Å². The van der Waals surface area contributed by atoms with E-state index in [9.17, 15) is 4.79 Å². The number of imidazole rings is 1. The van der Waals surface area contributed by atoms with Crippen molar-refractivity contribution in [3.8, 4) is 0 Å². The number of hydrogen-bond acceptors (Lipinski definition) is 5. The van der Waals surface area contributed by atoms with E-state index in [0.717, 1.165) is 22.5 Å². The van der Waals surface area contributed by atoms with Crippen LogP contribution in [0.4, 0.5) is 0 Å². The third-order valence-electron chi connectivity index (χ3n) is 3.65. The molecule has 8 heteroatoms. The summed E-state index contributed by atoms with van der Waals surface area (Å²) in [4.78, 5) is 23.3. The predicted molar refractivity (Wildman–Crippen MR) is 86.7 cm³/mol. The highest BCUT2D eigenvalue weighted by Crippen LogP contribution is 2.22. The van der Waals surface area contributed by atoms with E-state index in [1.807, 2.05) is 17.3 Å². The van der Waals surface area contributed by atoms with E-state index < -0.39 is 0 Å². The average Bonchev–Trinajstić information content (AvgIpc) is 3.13. The molecule has 1 aliphatic rings. The fourth-order valence-corrected chi connectivity index (χ4v) is 3.80. The zero-order valence-corrected chi connectivity index (χ0v) is 14.6. The summed E-state index contributed by atoms with van der Waals surface area (Å²) in [6, 6.07) is 0.172. The minimum Gasteiger partial charge on any atom is -0.381 e. The van der Waals surface area contributed by atoms with Crippen LogP contribution in [0.25, 0.3) is 0 Å². The Morgan fingerprint density at radius 3 is 2.91 bits per heavy atom. The van der Waals surface area contributed by atoms with Crippen molar-refractivity contribution in [1.82, 2.24) is 19.4 Å². The first kappa shape index (κ1) is 15.6. The molecular weight excluding hydrogens is 368 g/mol. The first-order valence-electron chi connectivity index (χ1n) is 7.10. The molecule has 2 aromatic heterocycles. The van der Waals surface area contributed by atoms with Crippen molar-refractivity contribution in [2.45, 2.75) is 25.4 Å². The third kappa shape index (κ3) is 3.56. The molecule has 22 heavy (non-hydrogen) atoms. The third-order valence-corrected chi connectivity index (χ3v) is 5.19. The number of rotatable bonds is 4. The highest BCUT2D eigenvalue weighted by atomic mass is 79.9. The van der Waals surface area contributed by atoms with Crippen LogP contribution in [0.1, 0.15) is 28.3 Å². The summed E-state index contributed by atoms with van der Waals surface area (Å²) in [5.74, 6) is -0.0428. The first-order valence-corrected chi connectivity index (χ1v) is 8.77. The highest BCUT2D eigenvalue weighted by molar-refractivity contribution is 9.10. The van der Waals surface area contributed by atoms with E-state index in [1.54, 1.807) is 28.4 Å². The van der Waals surface area contributed by atoms with Gasteiger partial charge in [0.2, 0.25) is 0 Å². The number of nitrogens with zero attached hydrogens (tertiary/aromatic N) is 4. The van der Waals surface area contributed by atoms with Crippen LogP contribution in [0.5, 0.6) is 0 Å². The van der Waals surface area contributed by atoms with Gasteiger partial charge in [-0.2, -0.15) is 0 Å². The van der Waals surface area contributed by atoms with Gasteiger partial charge in [0.15, 0.2) is 0 Å². The molecule has 3 rings (SSSR count). The number of aromatic nitrogens is 3. The summed E-state index contributed by atoms with van der Waals surface area (Å²) in [6.45, 7) is 1.90. The summed E-state index contributed by atoms with van der Waals surface area (Å²) >= 11 is 4.91. The second-order valence-electron chi connectivity index (χ2n) is 5.26. The van der Waals surface area contributed by atoms with E-state index in [-0.39, 0.29) is 11.9 Å². The molecule has 0 bridgehead atoms. The van der Waals surface area contributed by atoms with Crippen LogP contribution in [-0.4, -0.2) is 44.6 Å². The number of ether oxygens (including phenoxy) is 1. The lowest BCUT2D eigenvalue weighted by molar-refractivity contribution is 0.0264. The molecule has 0 aliphatic carbocycles. The van der Waals surface area contributed by atoms with Gasteiger partial charge in [0.1, 0.15) is 15.3 Å². The molecule has 0 saturated carbocycles. The normalized spacial score (nSPS) is 15.9. The van der Waals surface area contributed by atoms with Crippen LogP contribution in [-0.2, 0) is 18.3 Å².